The minimum Gasteiger partial charge on any atom is -0.481 e. The topological polar surface area (TPSA) is 71.4 Å². The second-order valence-corrected chi connectivity index (χ2v) is 6.16. The first-order chi connectivity index (χ1) is 7.34. The van der Waals surface area contributed by atoms with E-state index in [1.165, 1.54) is 17.8 Å². The van der Waals surface area contributed by atoms with E-state index in [9.17, 15) is 13.2 Å². The maximum atomic E-state index is 11.5. The van der Waals surface area contributed by atoms with Crippen LogP contribution in [0.4, 0.5) is 0 Å². The van der Waals surface area contributed by atoms with Gasteiger partial charge in [0.2, 0.25) is 0 Å². The average molecular weight is 260 g/mol. The zero-order valence-electron chi connectivity index (χ0n) is 8.93. The summed E-state index contributed by atoms with van der Waals surface area (Å²) in [6, 6.07) is 4.70. The van der Waals surface area contributed by atoms with E-state index < -0.39 is 15.8 Å². The predicted octanol–water partition coefficient (Wildman–Crippen LogP) is 1.44. The second kappa shape index (κ2) is 4.88. The highest BCUT2D eigenvalue weighted by atomic mass is 32.2. The summed E-state index contributed by atoms with van der Waals surface area (Å²) in [5, 5.41) is 8.63. The largest absolute Gasteiger partial charge is 0.481 e. The molecule has 0 aliphatic heterocycles. The molecule has 0 unspecified atom stereocenters. The van der Waals surface area contributed by atoms with Gasteiger partial charge in [-0.05, 0) is 24.0 Å². The van der Waals surface area contributed by atoms with Crippen molar-refractivity contribution in [3.05, 3.63) is 23.8 Å². The highest BCUT2D eigenvalue weighted by Crippen LogP contribution is 2.25. The average Bonchev–Trinajstić information content (AvgIpc) is 2.15. The summed E-state index contributed by atoms with van der Waals surface area (Å²) in [6.45, 7) is 0. The number of thioether (sulfide) groups is 1. The lowest BCUT2D eigenvalue weighted by Crippen LogP contribution is -2.04. The number of carboxylic acids is 1. The van der Waals surface area contributed by atoms with Crippen LogP contribution in [0.5, 0.6) is 0 Å². The predicted molar refractivity (Wildman–Crippen MR) is 62.7 cm³/mol. The Labute approximate surface area is 98.6 Å². The fourth-order valence-electron chi connectivity index (χ4n) is 1.30. The van der Waals surface area contributed by atoms with Crippen LogP contribution in [0.1, 0.15) is 5.56 Å². The van der Waals surface area contributed by atoms with Gasteiger partial charge in [-0.2, -0.15) is 0 Å². The molecule has 0 radical (unpaired) electrons. The van der Waals surface area contributed by atoms with Crippen molar-refractivity contribution < 1.29 is 18.3 Å². The summed E-state index contributed by atoms with van der Waals surface area (Å²) < 4.78 is 23.0. The van der Waals surface area contributed by atoms with Crippen LogP contribution in [-0.4, -0.2) is 32.0 Å². The van der Waals surface area contributed by atoms with Crippen LogP contribution in [-0.2, 0) is 21.1 Å². The van der Waals surface area contributed by atoms with E-state index in [0.29, 0.717) is 10.5 Å². The molecule has 1 rings (SSSR count). The van der Waals surface area contributed by atoms with Crippen molar-refractivity contribution in [2.75, 3.05) is 12.5 Å². The van der Waals surface area contributed by atoms with Gasteiger partial charge < -0.3 is 5.11 Å². The zero-order valence-corrected chi connectivity index (χ0v) is 10.6. The Morgan fingerprint density at radius 1 is 1.44 bits per heavy atom. The van der Waals surface area contributed by atoms with E-state index in [4.69, 9.17) is 5.11 Å². The third kappa shape index (κ3) is 3.24. The highest BCUT2D eigenvalue weighted by Gasteiger charge is 2.14. The van der Waals surface area contributed by atoms with Crippen LogP contribution in [0, 0.1) is 0 Å². The number of benzene rings is 1. The quantitative estimate of drug-likeness (QED) is 0.829. The molecule has 4 nitrogen and oxygen atoms in total. The fraction of sp³-hybridized carbons (Fsp3) is 0.300. The van der Waals surface area contributed by atoms with E-state index in [-0.39, 0.29) is 11.3 Å². The Morgan fingerprint density at radius 2 is 2.06 bits per heavy atom. The van der Waals surface area contributed by atoms with Crippen LogP contribution < -0.4 is 0 Å². The van der Waals surface area contributed by atoms with Gasteiger partial charge in [0.1, 0.15) is 0 Å². The molecule has 0 heterocycles. The van der Waals surface area contributed by atoms with Crippen LogP contribution in [0.3, 0.4) is 0 Å². The standard InChI is InChI=1S/C10H12O4S2/c1-15-8-4-3-7(6-10(11)12)5-9(8)16(2,13)14/h3-5H,6H2,1-2H3,(H,11,12). The molecular formula is C10H12O4S2. The lowest BCUT2D eigenvalue weighted by molar-refractivity contribution is -0.136. The van der Waals surface area contributed by atoms with E-state index in [0.717, 1.165) is 6.26 Å². The molecule has 0 saturated carbocycles. The van der Waals surface area contributed by atoms with Gasteiger partial charge in [0.25, 0.3) is 0 Å². The third-order valence-corrected chi connectivity index (χ3v) is 4.04. The first-order valence-electron chi connectivity index (χ1n) is 4.43. The van der Waals surface area contributed by atoms with E-state index >= 15 is 0 Å². The van der Waals surface area contributed by atoms with Crippen molar-refractivity contribution in [1.29, 1.82) is 0 Å². The molecule has 0 bridgehead atoms. The van der Waals surface area contributed by atoms with Crippen LogP contribution in [0.15, 0.2) is 28.0 Å². The second-order valence-electron chi connectivity index (χ2n) is 3.33. The molecule has 1 aromatic rings. The molecule has 1 N–H and O–H groups in total. The van der Waals surface area contributed by atoms with E-state index in [1.54, 1.807) is 18.4 Å². The molecule has 0 aromatic heterocycles. The third-order valence-electron chi connectivity index (χ3n) is 1.98. The van der Waals surface area contributed by atoms with Crippen LogP contribution in [0.2, 0.25) is 0 Å². The number of carbonyl (C=O) groups is 1. The number of hydrogen-bond acceptors (Lipinski definition) is 4. The summed E-state index contributed by atoms with van der Waals surface area (Å²) in [5.41, 5.74) is 0.491. The lowest BCUT2D eigenvalue weighted by atomic mass is 10.1. The van der Waals surface area contributed by atoms with Gasteiger partial charge >= 0.3 is 5.97 Å². The van der Waals surface area contributed by atoms with Gasteiger partial charge in [0, 0.05) is 11.2 Å². The Balaban J connectivity index is 3.27. The molecule has 0 aliphatic carbocycles. The Kier molecular flexibility index (Phi) is 3.98. The molecule has 88 valence electrons. The van der Waals surface area contributed by atoms with Crippen molar-refractivity contribution in [2.24, 2.45) is 0 Å². The number of rotatable bonds is 4. The molecule has 6 heteroatoms. The SMILES string of the molecule is CSc1ccc(CC(=O)O)cc1S(C)(=O)=O. The summed E-state index contributed by atoms with van der Waals surface area (Å²) in [6.07, 6.45) is 2.73. The van der Waals surface area contributed by atoms with Gasteiger partial charge in [0.05, 0.1) is 11.3 Å². The Bertz CT molecular complexity index is 506. The highest BCUT2D eigenvalue weighted by molar-refractivity contribution is 7.99. The van der Waals surface area contributed by atoms with E-state index in [2.05, 4.69) is 0 Å². The first-order valence-corrected chi connectivity index (χ1v) is 7.55. The fourth-order valence-corrected chi connectivity index (χ4v) is 3.26. The molecule has 0 fully saturated rings. The van der Waals surface area contributed by atoms with Gasteiger partial charge in [0.15, 0.2) is 9.84 Å². The van der Waals surface area contributed by atoms with E-state index in [1.807, 2.05) is 0 Å². The number of carboxylic acid groups (broad SMARTS) is 1. The Hall–Kier alpha value is -1.01. The molecule has 0 saturated heterocycles. The number of hydrogen-bond donors (Lipinski definition) is 1. The van der Waals surface area contributed by atoms with Crippen molar-refractivity contribution in [2.45, 2.75) is 16.2 Å². The molecular weight excluding hydrogens is 248 g/mol. The van der Waals surface area contributed by atoms with Crippen molar-refractivity contribution >= 4 is 27.6 Å². The maximum Gasteiger partial charge on any atom is 0.307 e. The molecule has 16 heavy (non-hydrogen) atoms. The Morgan fingerprint density at radius 3 is 2.50 bits per heavy atom. The number of sulfone groups is 1. The number of aliphatic carboxylic acids is 1. The summed E-state index contributed by atoms with van der Waals surface area (Å²) in [7, 11) is -3.32. The maximum absolute atomic E-state index is 11.5. The molecule has 0 atom stereocenters. The summed E-state index contributed by atoms with van der Waals surface area (Å²) >= 11 is 1.32. The monoisotopic (exact) mass is 260 g/mol. The van der Waals surface area contributed by atoms with Gasteiger partial charge in [-0.3, -0.25) is 4.79 Å². The summed E-state index contributed by atoms with van der Waals surface area (Å²) in [4.78, 5) is 11.4. The minimum atomic E-state index is -3.32. The van der Waals surface area contributed by atoms with Gasteiger partial charge in [-0.25, -0.2) is 8.42 Å². The lowest BCUT2D eigenvalue weighted by Gasteiger charge is -2.07. The van der Waals surface area contributed by atoms with Gasteiger partial charge in [-0.1, -0.05) is 6.07 Å². The van der Waals surface area contributed by atoms with Gasteiger partial charge in [-0.15, -0.1) is 11.8 Å². The molecule has 0 aliphatic rings. The van der Waals surface area contributed by atoms with Crippen LogP contribution in [0.25, 0.3) is 0 Å². The van der Waals surface area contributed by atoms with Crippen molar-refractivity contribution in [1.82, 2.24) is 0 Å². The molecule has 1 aromatic carbocycles. The first kappa shape index (κ1) is 13.1. The molecule has 0 amide bonds. The minimum absolute atomic E-state index is 0.169. The zero-order chi connectivity index (χ0) is 12.3. The van der Waals surface area contributed by atoms with Crippen LogP contribution >= 0.6 is 11.8 Å². The normalized spacial score (nSPS) is 11.4. The molecule has 0 spiro atoms. The smallest absolute Gasteiger partial charge is 0.307 e. The summed E-state index contributed by atoms with van der Waals surface area (Å²) in [5.74, 6) is -0.976. The van der Waals surface area contributed by atoms with Crippen molar-refractivity contribution in [3.8, 4) is 0 Å². The van der Waals surface area contributed by atoms with Crippen molar-refractivity contribution in [3.63, 3.8) is 0 Å².